The van der Waals surface area contributed by atoms with Crippen LogP contribution in [0.5, 0.6) is 0 Å². The van der Waals surface area contributed by atoms with Crippen LogP contribution in [0.15, 0.2) is 36.4 Å². The van der Waals surface area contributed by atoms with Gasteiger partial charge in [-0.3, -0.25) is 0 Å². The minimum Gasteiger partial charge on any atom is -0.382 e. The third-order valence-corrected chi connectivity index (χ3v) is 1.82. The molecule has 3 N–H and O–H groups in total. The molecule has 0 heterocycles. The van der Waals surface area contributed by atoms with Crippen molar-refractivity contribution in [1.29, 1.82) is 0 Å². The van der Waals surface area contributed by atoms with E-state index in [4.69, 9.17) is 17.3 Å². The highest BCUT2D eigenvalue weighted by molar-refractivity contribution is 6.30. The second kappa shape index (κ2) is 5.62. The van der Waals surface area contributed by atoms with E-state index in [0.29, 0.717) is 6.54 Å². The second-order valence-electron chi connectivity index (χ2n) is 2.59. The van der Waals surface area contributed by atoms with Crippen molar-refractivity contribution in [2.45, 2.75) is 0 Å². The summed E-state index contributed by atoms with van der Waals surface area (Å²) in [5.41, 5.74) is 6.36. The van der Waals surface area contributed by atoms with Gasteiger partial charge in [-0.25, -0.2) is 0 Å². The third-order valence-electron chi connectivity index (χ3n) is 1.57. The molecule has 0 bridgehead atoms. The summed E-state index contributed by atoms with van der Waals surface area (Å²) in [6.07, 6.45) is 3.91. The van der Waals surface area contributed by atoms with Crippen LogP contribution in [0, 0.1) is 0 Å². The van der Waals surface area contributed by atoms with Crippen LogP contribution >= 0.6 is 11.6 Å². The van der Waals surface area contributed by atoms with Crippen LogP contribution in [0.25, 0.3) is 0 Å². The van der Waals surface area contributed by atoms with Crippen molar-refractivity contribution < 1.29 is 0 Å². The van der Waals surface area contributed by atoms with Gasteiger partial charge in [0, 0.05) is 23.8 Å². The molecule has 1 aromatic carbocycles. The number of rotatable bonds is 4. The van der Waals surface area contributed by atoms with Crippen molar-refractivity contribution in [3.05, 3.63) is 41.4 Å². The molecule has 3 heteroatoms. The number of halogens is 1. The predicted molar refractivity (Wildman–Crippen MR) is 58.1 cm³/mol. The fraction of sp³-hybridized carbons (Fsp3) is 0.200. The first-order valence-corrected chi connectivity index (χ1v) is 4.55. The molecule has 0 atom stereocenters. The number of nitrogens with one attached hydrogen (secondary N) is 1. The molecule has 0 aromatic heterocycles. The van der Waals surface area contributed by atoms with Crippen LogP contribution in [0.1, 0.15) is 0 Å². The van der Waals surface area contributed by atoms with Gasteiger partial charge in [-0.1, -0.05) is 23.8 Å². The Morgan fingerprint density at radius 3 is 2.54 bits per heavy atom. The Hall–Kier alpha value is -0.990. The fourth-order valence-corrected chi connectivity index (χ4v) is 1.05. The highest BCUT2D eigenvalue weighted by atomic mass is 35.5. The molecule has 0 radical (unpaired) electrons. The summed E-state index contributed by atoms with van der Waals surface area (Å²) >= 11 is 5.74. The summed E-state index contributed by atoms with van der Waals surface area (Å²) in [6, 6.07) is 7.60. The highest BCUT2D eigenvalue weighted by Gasteiger charge is 1.88. The Balaban J connectivity index is 2.37. The van der Waals surface area contributed by atoms with E-state index in [1.807, 2.05) is 36.4 Å². The molecule has 0 fully saturated rings. The smallest absolute Gasteiger partial charge is 0.0407 e. The van der Waals surface area contributed by atoms with Crippen molar-refractivity contribution >= 4 is 17.3 Å². The second-order valence-corrected chi connectivity index (χ2v) is 3.03. The van der Waals surface area contributed by atoms with Crippen molar-refractivity contribution in [1.82, 2.24) is 0 Å². The lowest BCUT2D eigenvalue weighted by Gasteiger charge is -2.02. The fourth-order valence-electron chi connectivity index (χ4n) is 0.924. The minimum atomic E-state index is 0.586. The summed E-state index contributed by atoms with van der Waals surface area (Å²) in [4.78, 5) is 0. The molecule has 70 valence electrons. The van der Waals surface area contributed by atoms with Gasteiger partial charge in [0.15, 0.2) is 0 Å². The zero-order chi connectivity index (χ0) is 9.52. The van der Waals surface area contributed by atoms with Crippen molar-refractivity contribution in [2.75, 3.05) is 18.4 Å². The van der Waals surface area contributed by atoms with Crippen LogP contribution in [0.3, 0.4) is 0 Å². The molecule has 0 aliphatic carbocycles. The van der Waals surface area contributed by atoms with Gasteiger partial charge < -0.3 is 11.1 Å². The SMILES string of the molecule is NC/C=C/CNc1ccc(Cl)cc1. The van der Waals surface area contributed by atoms with E-state index in [1.54, 1.807) is 0 Å². The number of benzene rings is 1. The minimum absolute atomic E-state index is 0.586. The maximum absolute atomic E-state index is 5.74. The van der Waals surface area contributed by atoms with Gasteiger partial charge in [0.05, 0.1) is 0 Å². The average molecular weight is 197 g/mol. The monoisotopic (exact) mass is 196 g/mol. The zero-order valence-electron chi connectivity index (χ0n) is 7.33. The van der Waals surface area contributed by atoms with Gasteiger partial charge in [-0.05, 0) is 24.3 Å². The highest BCUT2D eigenvalue weighted by Crippen LogP contribution is 2.12. The molecule has 0 aliphatic heterocycles. The maximum Gasteiger partial charge on any atom is 0.0407 e. The Bertz CT molecular complexity index is 267. The van der Waals surface area contributed by atoms with Crippen molar-refractivity contribution in [3.8, 4) is 0 Å². The lowest BCUT2D eigenvalue weighted by atomic mass is 10.3. The van der Waals surface area contributed by atoms with Crippen LogP contribution in [-0.4, -0.2) is 13.1 Å². The van der Waals surface area contributed by atoms with Gasteiger partial charge in [0.25, 0.3) is 0 Å². The topological polar surface area (TPSA) is 38.0 Å². The van der Waals surface area contributed by atoms with Crippen LogP contribution in [0.4, 0.5) is 5.69 Å². The first-order chi connectivity index (χ1) is 6.33. The number of nitrogens with two attached hydrogens (primary N) is 1. The predicted octanol–water partition coefficient (Wildman–Crippen LogP) is 2.27. The molecule has 0 unspecified atom stereocenters. The van der Waals surface area contributed by atoms with Crippen molar-refractivity contribution in [3.63, 3.8) is 0 Å². The van der Waals surface area contributed by atoms with Gasteiger partial charge in [0.1, 0.15) is 0 Å². The first-order valence-electron chi connectivity index (χ1n) is 4.17. The molecular formula is C10H13ClN2. The lowest BCUT2D eigenvalue weighted by Crippen LogP contribution is -1.99. The number of anilines is 1. The molecule has 0 aliphatic rings. The van der Waals surface area contributed by atoms with E-state index >= 15 is 0 Å². The van der Waals surface area contributed by atoms with E-state index in [0.717, 1.165) is 17.3 Å². The molecule has 2 nitrogen and oxygen atoms in total. The summed E-state index contributed by atoms with van der Waals surface area (Å²) in [5, 5.41) is 3.96. The van der Waals surface area contributed by atoms with E-state index in [1.165, 1.54) is 0 Å². The Labute approximate surface area is 83.4 Å². The lowest BCUT2D eigenvalue weighted by molar-refractivity contribution is 1.22. The molecule has 0 amide bonds. The van der Waals surface area contributed by atoms with Crippen LogP contribution in [0.2, 0.25) is 5.02 Å². The molecule has 0 saturated heterocycles. The summed E-state index contributed by atoms with van der Waals surface area (Å²) < 4.78 is 0. The van der Waals surface area contributed by atoms with E-state index in [2.05, 4.69) is 5.32 Å². The largest absolute Gasteiger partial charge is 0.382 e. The van der Waals surface area contributed by atoms with Gasteiger partial charge in [-0.2, -0.15) is 0 Å². The van der Waals surface area contributed by atoms with E-state index < -0.39 is 0 Å². The standard InChI is InChI=1S/C10H13ClN2/c11-9-3-5-10(6-4-9)13-8-2-1-7-12/h1-6,13H,7-8,12H2/b2-1+. The molecule has 13 heavy (non-hydrogen) atoms. The third kappa shape index (κ3) is 3.97. The Morgan fingerprint density at radius 1 is 1.23 bits per heavy atom. The van der Waals surface area contributed by atoms with E-state index in [-0.39, 0.29) is 0 Å². The molecule has 1 aromatic rings. The quantitative estimate of drug-likeness (QED) is 0.726. The summed E-state index contributed by atoms with van der Waals surface area (Å²) in [7, 11) is 0. The van der Waals surface area contributed by atoms with Gasteiger partial charge in [-0.15, -0.1) is 0 Å². The summed E-state index contributed by atoms with van der Waals surface area (Å²) in [5.74, 6) is 0. The maximum atomic E-state index is 5.74. The molecular weight excluding hydrogens is 184 g/mol. The normalized spacial score (nSPS) is 10.6. The van der Waals surface area contributed by atoms with Gasteiger partial charge >= 0.3 is 0 Å². The summed E-state index contributed by atoms with van der Waals surface area (Å²) in [6.45, 7) is 1.38. The molecule has 1 rings (SSSR count). The average Bonchev–Trinajstić information content (AvgIpc) is 2.15. The Morgan fingerprint density at radius 2 is 1.92 bits per heavy atom. The Kier molecular flexibility index (Phi) is 4.36. The van der Waals surface area contributed by atoms with Crippen molar-refractivity contribution in [2.24, 2.45) is 5.73 Å². The molecule has 0 saturated carbocycles. The van der Waals surface area contributed by atoms with E-state index in [9.17, 15) is 0 Å². The van der Waals surface area contributed by atoms with Crippen LogP contribution in [-0.2, 0) is 0 Å². The molecule has 0 spiro atoms. The first kappa shape index (κ1) is 10.1. The van der Waals surface area contributed by atoms with Gasteiger partial charge in [0.2, 0.25) is 0 Å². The zero-order valence-corrected chi connectivity index (χ0v) is 8.09. The van der Waals surface area contributed by atoms with Crippen LogP contribution < -0.4 is 11.1 Å². The number of hydrogen-bond acceptors (Lipinski definition) is 2. The number of hydrogen-bond donors (Lipinski definition) is 2.